The molecule has 0 atom stereocenters. The van der Waals surface area contributed by atoms with Gasteiger partial charge < -0.3 is 15.0 Å². The Morgan fingerprint density at radius 3 is 2.92 bits per heavy atom. The second-order valence-corrected chi connectivity index (χ2v) is 6.38. The molecular weight excluding hydrogens is 338 g/mol. The predicted octanol–water partition coefficient (Wildman–Crippen LogP) is 3.02. The fourth-order valence-electron chi connectivity index (χ4n) is 3.08. The van der Waals surface area contributed by atoms with Crippen LogP contribution in [0.1, 0.15) is 0 Å². The first-order chi connectivity index (χ1) is 12.3. The zero-order chi connectivity index (χ0) is 17.1. The third kappa shape index (κ3) is 3.61. The van der Waals surface area contributed by atoms with Crippen LogP contribution in [0, 0.1) is 0 Å². The quantitative estimate of drug-likeness (QED) is 0.687. The highest BCUT2D eigenvalue weighted by atomic mass is 35.5. The Labute approximate surface area is 151 Å². The third-order valence-electron chi connectivity index (χ3n) is 4.43. The number of fused-ring (bicyclic) bond motifs is 1. The minimum absolute atomic E-state index is 0.487. The number of H-pyrrole nitrogens is 1. The average molecular weight is 358 g/mol. The summed E-state index contributed by atoms with van der Waals surface area (Å²) >= 11 is 6.44. The smallest absolute Gasteiger partial charge is 0.139 e. The number of anilines is 1. The number of aromatic nitrogens is 3. The number of morpholine rings is 1. The summed E-state index contributed by atoms with van der Waals surface area (Å²) in [6.07, 6.45) is 3.69. The zero-order valence-corrected chi connectivity index (χ0v) is 14.6. The van der Waals surface area contributed by atoms with Gasteiger partial charge in [0.1, 0.15) is 16.6 Å². The first-order valence-electron chi connectivity index (χ1n) is 8.44. The average Bonchev–Trinajstić information content (AvgIpc) is 3.07. The van der Waals surface area contributed by atoms with Crippen molar-refractivity contribution >= 4 is 28.5 Å². The molecule has 1 fully saturated rings. The molecule has 7 heteroatoms. The number of rotatable bonds is 5. The van der Waals surface area contributed by atoms with Crippen molar-refractivity contribution in [2.45, 2.75) is 0 Å². The summed E-state index contributed by atoms with van der Waals surface area (Å²) in [4.78, 5) is 14.4. The summed E-state index contributed by atoms with van der Waals surface area (Å²) in [5.74, 6) is 0.792. The summed E-state index contributed by atoms with van der Waals surface area (Å²) < 4.78 is 5.36. The van der Waals surface area contributed by atoms with Crippen molar-refractivity contribution in [1.29, 1.82) is 0 Å². The molecule has 0 radical (unpaired) electrons. The third-order valence-corrected chi connectivity index (χ3v) is 4.72. The van der Waals surface area contributed by atoms with Crippen molar-refractivity contribution in [3.63, 3.8) is 0 Å². The Morgan fingerprint density at radius 2 is 2.08 bits per heavy atom. The van der Waals surface area contributed by atoms with Crippen molar-refractivity contribution < 1.29 is 4.74 Å². The van der Waals surface area contributed by atoms with Crippen LogP contribution in [0.2, 0.25) is 5.15 Å². The van der Waals surface area contributed by atoms with Gasteiger partial charge in [-0.2, -0.15) is 0 Å². The van der Waals surface area contributed by atoms with Crippen LogP contribution in [-0.4, -0.2) is 59.2 Å². The molecule has 25 heavy (non-hydrogen) atoms. The Morgan fingerprint density at radius 1 is 1.20 bits per heavy atom. The van der Waals surface area contributed by atoms with Crippen molar-refractivity contribution in [1.82, 2.24) is 19.9 Å². The van der Waals surface area contributed by atoms with E-state index in [4.69, 9.17) is 16.3 Å². The molecule has 0 amide bonds. The number of ether oxygens (including phenoxy) is 1. The molecule has 6 nitrogen and oxygen atoms in total. The molecule has 0 aliphatic carbocycles. The highest BCUT2D eigenvalue weighted by Gasteiger charge is 2.12. The molecule has 0 spiro atoms. The normalized spacial score (nSPS) is 15.6. The Bertz CT molecular complexity index is 860. The van der Waals surface area contributed by atoms with Crippen LogP contribution in [0.25, 0.3) is 22.2 Å². The number of pyridine rings is 2. The minimum atomic E-state index is 0.487. The number of nitrogens with zero attached hydrogens (tertiary/aromatic N) is 3. The van der Waals surface area contributed by atoms with E-state index in [-0.39, 0.29) is 0 Å². The fourth-order valence-corrected chi connectivity index (χ4v) is 3.34. The summed E-state index contributed by atoms with van der Waals surface area (Å²) in [6, 6.07) is 7.92. The molecule has 0 unspecified atom stereocenters. The van der Waals surface area contributed by atoms with Gasteiger partial charge in [0.2, 0.25) is 0 Å². The van der Waals surface area contributed by atoms with E-state index in [1.165, 1.54) is 0 Å². The van der Waals surface area contributed by atoms with Crippen LogP contribution in [0.4, 0.5) is 5.82 Å². The summed E-state index contributed by atoms with van der Waals surface area (Å²) in [6.45, 7) is 5.42. The van der Waals surface area contributed by atoms with Crippen molar-refractivity contribution in [2.75, 3.05) is 44.7 Å². The molecule has 0 aromatic carbocycles. The number of nitrogens with one attached hydrogen (secondary N) is 2. The number of halogens is 1. The molecular formula is C18H20ClN5O. The second kappa shape index (κ2) is 7.39. The van der Waals surface area contributed by atoms with Crippen LogP contribution in [0.15, 0.2) is 36.7 Å². The molecule has 1 aliphatic heterocycles. The Hall–Kier alpha value is -2.15. The lowest BCUT2D eigenvalue weighted by Gasteiger charge is -2.26. The van der Waals surface area contributed by atoms with E-state index in [0.29, 0.717) is 5.15 Å². The second-order valence-electron chi connectivity index (χ2n) is 6.02. The van der Waals surface area contributed by atoms with Crippen molar-refractivity contribution in [3.05, 3.63) is 41.8 Å². The minimum Gasteiger partial charge on any atom is -0.379 e. The lowest BCUT2D eigenvalue weighted by Crippen LogP contribution is -2.39. The molecule has 1 saturated heterocycles. The molecule has 0 saturated carbocycles. The Balaban J connectivity index is 1.45. The summed E-state index contributed by atoms with van der Waals surface area (Å²) in [5, 5.41) is 4.87. The first kappa shape index (κ1) is 16.3. The molecule has 1 aliphatic rings. The van der Waals surface area contributed by atoms with Gasteiger partial charge in [-0.3, -0.25) is 4.90 Å². The SMILES string of the molecule is Clc1nc(NCCN2CCOCC2)ccc1-c1c[nH]c2ncccc12. The van der Waals surface area contributed by atoms with Crippen molar-refractivity contribution in [2.24, 2.45) is 0 Å². The van der Waals surface area contributed by atoms with Crippen LogP contribution in [0.5, 0.6) is 0 Å². The molecule has 4 heterocycles. The molecule has 0 bridgehead atoms. The molecule has 4 rings (SSSR count). The van der Waals surface area contributed by atoms with E-state index in [1.54, 1.807) is 6.20 Å². The van der Waals surface area contributed by atoms with Gasteiger partial charge in [-0.05, 0) is 24.3 Å². The molecule has 3 aromatic heterocycles. The van der Waals surface area contributed by atoms with Gasteiger partial charge in [0.05, 0.1) is 13.2 Å². The van der Waals surface area contributed by atoms with Crippen molar-refractivity contribution in [3.8, 4) is 11.1 Å². The van der Waals surface area contributed by atoms with Crippen LogP contribution in [0.3, 0.4) is 0 Å². The predicted molar refractivity (Wildman–Crippen MR) is 100 cm³/mol. The molecule has 130 valence electrons. The summed E-state index contributed by atoms with van der Waals surface area (Å²) in [5.41, 5.74) is 2.77. The maximum Gasteiger partial charge on any atom is 0.139 e. The number of aromatic amines is 1. The highest BCUT2D eigenvalue weighted by Crippen LogP contribution is 2.32. The van der Waals surface area contributed by atoms with E-state index in [2.05, 4.69) is 25.2 Å². The maximum absolute atomic E-state index is 6.44. The standard InChI is InChI=1S/C18H20ClN5O/c19-17-13(15-12-22-18-14(15)2-1-5-21-18)3-4-16(23-17)20-6-7-24-8-10-25-11-9-24/h1-5,12H,6-11H2,(H,20,23)(H,21,22). The Kier molecular flexibility index (Phi) is 4.83. The lowest BCUT2D eigenvalue weighted by molar-refractivity contribution is 0.0398. The van der Waals surface area contributed by atoms with Gasteiger partial charge in [-0.25, -0.2) is 9.97 Å². The highest BCUT2D eigenvalue weighted by molar-refractivity contribution is 6.32. The molecule has 3 aromatic rings. The van der Waals surface area contributed by atoms with Gasteiger partial charge in [-0.15, -0.1) is 0 Å². The van der Waals surface area contributed by atoms with Gasteiger partial charge in [0.25, 0.3) is 0 Å². The van der Waals surface area contributed by atoms with Crippen LogP contribution >= 0.6 is 11.6 Å². The van der Waals surface area contributed by atoms with E-state index in [0.717, 1.165) is 67.4 Å². The van der Waals surface area contributed by atoms with E-state index >= 15 is 0 Å². The largest absolute Gasteiger partial charge is 0.379 e. The van der Waals surface area contributed by atoms with Gasteiger partial charge in [-0.1, -0.05) is 11.6 Å². The fraction of sp³-hybridized carbons (Fsp3) is 0.333. The first-order valence-corrected chi connectivity index (χ1v) is 8.82. The summed E-state index contributed by atoms with van der Waals surface area (Å²) in [7, 11) is 0. The monoisotopic (exact) mass is 357 g/mol. The number of hydrogen-bond donors (Lipinski definition) is 2. The lowest BCUT2D eigenvalue weighted by atomic mass is 10.1. The van der Waals surface area contributed by atoms with Gasteiger partial charge in [0, 0.05) is 55.1 Å². The van der Waals surface area contributed by atoms with Crippen LogP contribution in [-0.2, 0) is 4.74 Å². The van der Waals surface area contributed by atoms with E-state index in [1.807, 2.05) is 30.5 Å². The zero-order valence-electron chi connectivity index (χ0n) is 13.8. The van der Waals surface area contributed by atoms with Gasteiger partial charge in [0.15, 0.2) is 0 Å². The van der Waals surface area contributed by atoms with Crippen LogP contribution < -0.4 is 5.32 Å². The topological polar surface area (TPSA) is 66.1 Å². The maximum atomic E-state index is 6.44. The molecule has 2 N–H and O–H groups in total. The van der Waals surface area contributed by atoms with Gasteiger partial charge >= 0.3 is 0 Å². The number of hydrogen-bond acceptors (Lipinski definition) is 5. The van der Waals surface area contributed by atoms with E-state index < -0.39 is 0 Å². The van der Waals surface area contributed by atoms with E-state index in [9.17, 15) is 0 Å².